The molecule has 13 nitrogen and oxygen atoms in total. The number of phenols is 1. The van der Waals surface area contributed by atoms with E-state index in [1.165, 1.54) is 19.0 Å². The molecule has 3 aliphatic rings. The second-order valence-corrected chi connectivity index (χ2v) is 13.0. The first-order valence-electron chi connectivity index (χ1n) is 13.8. The standard InChI is InChI=1S/C29H39N5O8/c1-28(2,3)31-11-17(35)32-15-10-16(33(4)5)13-8-12-9-14-21(34(6)7)24(38)20(27(30)41)26(40)29(14,42)25(39)18(12)23(37)19(13)22(15)36/h10,12,14,18,20-21,31,36,42H,8-9,11H2,1-7H3,(H2,30,41)(H,32,35)/t12-,14-,18?,20?,21+,29-/m0/s1. The fourth-order valence-electron chi connectivity index (χ4n) is 6.69. The van der Waals surface area contributed by atoms with E-state index in [1.54, 1.807) is 25.1 Å². The number of anilines is 2. The number of Topliss-reactive ketones (excluding diaryl/α,β-unsaturated/α-hetero) is 4. The molecule has 0 radical (unpaired) electrons. The predicted molar refractivity (Wildman–Crippen MR) is 152 cm³/mol. The van der Waals surface area contributed by atoms with Crippen LogP contribution in [0.3, 0.4) is 0 Å². The van der Waals surface area contributed by atoms with Crippen molar-refractivity contribution in [3.8, 4) is 5.75 Å². The van der Waals surface area contributed by atoms with Crippen LogP contribution in [-0.4, -0.2) is 102 Å². The van der Waals surface area contributed by atoms with Gasteiger partial charge in [-0.1, -0.05) is 0 Å². The summed E-state index contributed by atoms with van der Waals surface area (Å²) in [5.41, 5.74) is 2.95. The van der Waals surface area contributed by atoms with Gasteiger partial charge in [0.15, 0.2) is 34.7 Å². The van der Waals surface area contributed by atoms with Gasteiger partial charge in [0.1, 0.15) is 5.75 Å². The van der Waals surface area contributed by atoms with Crippen LogP contribution in [0, 0.1) is 23.7 Å². The summed E-state index contributed by atoms with van der Waals surface area (Å²) in [7, 11) is 6.52. The molecule has 3 aliphatic carbocycles. The van der Waals surface area contributed by atoms with Gasteiger partial charge in [-0.25, -0.2) is 0 Å². The Labute approximate surface area is 243 Å². The number of carbonyl (C=O) groups excluding carboxylic acids is 6. The van der Waals surface area contributed by atoms with Crippen molar-refractivity contribution in [1.82, 2.24) is 10.2 Å². The molecule has 6 N–H and O–H groups in total. The molecule has 6 atom stereocenters. The number of rotatable bonds is 6. The number of hydrogen-bond donors (Lipinski definition) is 5. The first kappa shape index (κ1) is 31.3. The third-order valence-electron chi connectivity index (χ3n) is 8.57. The van der Waals surface area contributed by atoms with Gasteiger partial charge < -0.3 is 31.5 Å². The van der Waals surface area contributed by atoms with E-state index in [4.69, 9.17) is 5.73 Å². The van der Waals surface area contributed by atoms with Crippen molar-refractivity contribution < 1.29 is 39.0 Å². The third kappa shape index (κ3) is 4.88. The highest BCUT2D eigenvalue weighted by atomic mass is 16.3. The highest BCUT2D eigenvalue weighted by molar-refractivity contribution is 6.32. The molecule has 0 bridgehead atoms. The summed E-state index contributed by atoms with van der Waals surface area (Å²) < 4.78 is 0. The number of fused-ring (bicyclic) bond motifs is 3. The van der Waals surface area contributed by atoms with Crippen LogP contribution in [-0.2, 0) is 30.4 Å². The van der Waals surface area contributed by atoms with Crippen molar-refractivity contribution in [1.29, 1.82) is 0 Å². The van der Waals surface area contributed by atoms with Gasteiger partial charge in [0.25, 0.3) is 0 Å². The maximum Gasteiger partial charge on any atom is 0.238 e. The fraction of sp³-hybridized carbons (Fsp3) is 0.586. The van der Waals surface area contributed by atoms with Crippen molar-refractivity contribution in [2.75, 3.05) is 45.0 Å². The van der Waals surface area contributed by atoms with Crippen molar-refractivity contribution in [2.45, 2.75) is 50.8 Å². The minimum absolute atomic E-state index is 0.0365. The SMILES string of the molecule is CN(C)c1cc(NC(=O)CNC(C)(C)C)c(O)c2c1C[C@H]1C[C@H]3[C@@H](N(C)C)C(=O)C(C(N)=O)C(=O)[C@@]3(O)C(=O)C1C2=O. The molecule has 0 saturated heterocycles. The van der Waals surface area contributed by atoms with E-state index in [0.29, 0.717) is 11.3 Å². The summed E-state index contributed by atoms with van der Waals surface area (Å²) in [4.78, 5) is 82.7. The van der Waals surface area contributed by atoms with E-state index in [9.17, 15) is 39.0 Å². The molecule has 2 amide bonds. The minimum Gasteiger partial charge on any atom is -0.505 e. The lowest BCUT2D eigenvalue weighted by Crippen LogP contribution is -2.74. The van der Waals surface area contributed by atoms with Crippen LogP contribution < -0.4 is 21.3 Å². The van der Waals surface area contributed by atoms with Gasteiger partial charge in [-0.05, 0) is 65.3 Å². The Hall–Kier alpha value is -3.68. The van der Waals surface area contributed by atoms with E-state index in [0.717, 1.165) is 0 Å². The summed E-state index contributed by atoms with van der Waals surface area (Å²) in [5, 5.41) is 28.6. The van der Waals surface area contributed by atoms with Gasteiger partial charge in [0.2, 0.25) is 11.8 Å². The number of nitrogens with two attached hydrogens (primary N) is 1. The number of nitrogens with zero attached hydrogens (tertiary/aromatic N) is 2. The molecule has 0 aromatic heterocycles. The molecular weight excluding hydrogens is 546 g/mol. The second kappa shape index (κ2) is 10.5. The normalized spacial score (nSPS) is 29.1. The monoisotopic (exact) mass is 585 g/mol. The molecular formula is C29H39N5O8. The number of benzene rings is 1. The lowest BCUT2D eigenvalue weighted by molar-refractivity contribution is -0.181. The molecule has 4 rings (SSSR count). The molecule has 13 heteroatoms. The highest BCUT2D eigenvalue weighted by Gasteiger charge is 2.69. The largest absolute Gasteiger partial charge is 0.505 e. The lowest BCUT2D eigenvalue weighted by atomic mass is 9.52. The number of primary amides is 1. The quantitative estimate of drug-likeness (QED) is 0.208. The topological polar surface area (TPSA) is 199 Å². The zero-order chi connectivity index (χ0) is 31.6. The average Bonchev–Trinajstić information content (AvgIpc) is 2.85. The Balaban J connectivity index is 1.81. The molecule has 1 aromatic carbocycles. The van der Waals surface area contributed by atoms with Gasteiger partial charge in [0.05, 0.1) is 29.8 Å². The molecule has 0 aliphatic heterocycles. The van der Waals surface area contributed by atoms with Crippen LogP contribution >= 0.6 is 0 Å². The summed E-state index contributed by atoms with van der Waals surface area (Å²) >= 11 is 0. The number of aromatic hydroxyl groups is 1. The van der Waals surface area contributed by atoms with E-state index in [1.807, 2.05) is 20.8 Å². The number of phenolic OH excluding ortho intramolecular Hbond substituents is 1. The first-order chi connectivity index (χ1) is 19.3. The third-order valence-corrected chi connectivity index (χ3v) is 8.57. The van der Waals surface area contributed by atoms with Crippen molar-refractivity contribution in [3.05, 3.63) is 17.2 Å². The van der Waals surface area contributed by atoms with Gasteiger partial charge in [-0.2, -0.15) is 0 Å². The van der Waals surface area contributed by atoms with Crippen LogP contribution in [0.15, 0.2) is 6.07 Å². The minimum atomic E-state index is -2.80. The molecule has 2 saturated carbocycles. The second-order valence-electron chi connectivity index (χ2n) is 13.0. The average molecular weight is 586 g/mol. The number of hydrogen-bond acceptors (Lipinski definition) is 11. The van der Waals surface area contributed by atoms with Crippen molar-refractivity contribution >= 4 is 46.3 Å². The Morgan fingerprint density at radius 1 is 1.10 bits per heavy atom. The van der Waals surface area contributed by atoms with Gasteiger partial charge in [-0.3, -0.25) is 33.7 Å². The van der Waals surface area contributed by atoms with Crippen molar-refractivity contribution in [3.63, 3.8) is 0 Å². The van der Waals surface area contributed by atoms with Crippen LogP contribution in [0.5, 0.6) is 5.75 Å². The van der Waals surface area contributed by atoms with E-state index >= 15 is 0 Å². The number of aliphatic hydroxyl groups is 1. The Morgan fingerprint density at radius 3 is 2.24 bits per heavy atom. The van der Waals surface area contributed by atoms with Crippen molar-refractivity contribution in [2.24, 2.45) is 29.4 Å². The summed E-state index contributed by atoms with van der Waals surface area (Å²) in [6.07, 6.45) is 0.0706. The molecule has 2 unspecified atom stereocenters. The zero-order valence-electron chi connectivity index (χ0n) is 24.9. The summed E-state index contributed by atoms with van der Waals surface area (Å²) in [6, 6.07) is 0.374. The number of likely N-dealkylation sites (N-methyl/N-ethyl adjacent to an activating group) is 1. The molecule has 228 valence electrons. The smallest absolute Gasteiger partial charge is 0.238 e. The van der Waals surface area contributed by atoms with Crippen LogP contribution in [0.4, 0.5) is 11.4 Å². The summed E-state index contributed by atoms with van der Waals surface area (Å²) in [5.74, 6) is -11.8. The molecule has 1 aromatic rings. The molecule has 0 spiro atoms. The molecule has 42 heavy (non-hydrogen) atoms. The van der Waals surface area contributed by atoms with E-state index in [-0.39, 0.29) is 36.2 Å². The first-order valence-corrected chi connectivity index (χ1v) is 13.8. The van der Waals surface area contributed by atoms with Crippen LogP contribution in [0.1, 0.15) is 43.1 Å². The molecule has 0 heterocycles. The predicted octanol–water partition coefficient (Wildman–Crippen LogP) is -0.740. The van der Waals surface area contributed by atoms with Gasteiger partial charge in [0, 0.05) is 31.2 Å². The number of nitrogens with one attached hydrogen (secondary N) is 2. The highest BCUT2D eigenvalue weighted by Crippen LogP contribution is 2.52. The summed E-state index contributed by atoms with van der Waals surface area (Å²) in [6.45, 7) is 5.58. The van der Waals surface area contributed by atoms with E-state index < -0.39 is 76.0 Å². The number of ketones is 4. The number of amides is 2. The van der Waals surface area contributed by atoms with Crippen LogP contribution in [0.2, 0.25) is 0 Å². The van der Waals surface area contributed by atoms with Crippen LogP contribution in [0.25, 0.3) is 0 Å². The fourth-order valence-corrected chi connectivity index (χ4v) is 6.69. The lowest BCUT2D eigenvalue weighted by Gasteiger charge is -2.52. The van der Waals surface area contributed by atoms with Gasteiger partial charge in [-0.15, -0.1) is 0 Å². The Morgan fingerprint density at radius 2 is 1.71 bits per heavy atom. The zero-order valence-corrected chi connectivity index (χ0v) is 24.9. The maximum absolute atomic E-state index is 14.1. The number of carbonyl (C=O) groups is 6. The maximum atomic E-state index is 14.1. The van der Waals surface area contributed by atoms with E-state index in [2.05, 4.69) is 10.6 Å². The Kier molecular flexibility index (Phi) is 7.85. The van der Waals surface area contributed by atoms with Gasteiger partial charge >= 0.3 is 0 Å². The Bertz CT molecular complexity index is 1400. The molecule has 2 fully saturated rings.